The van der Waals surface area contributed by atoms with E-state index in [0.29, 0.717) is 5.82 Å². The van der Waals surface area contributed by atoms with Crippen molar-refractivity contribution >= 4 is 34.0 Å². The van der Waals surface area contributed by atoms with E-state index in [0.717, 1.165) is 14.5 Å². The van der Waals surface area contributed by atoms with Gasteiger partial charge in [-0.3, -0.25) is 0 Å². The van der Waals surface area contributed by atoms with Crippen LogP contribution in [0.15, 0.2) is 21.8 Å². The van der Waals surface area contributed by atoms with E-state index in [1.807, 2.05) is 19.0 Å². The third-order valence-electron chi connectivity index (χ3n) is 1.62. The Hall–Kier alpha value is -1.41. The molecule has 2 N–H and O–H groups in total. The van der Waals surface area contributed by atoms with Gasteiger partial charge in [-0.05, 0) is 11.8 Å². The highest BCUT2D eigenvalue weighted by atomic mass is 32.2. The lowest BCUT2D eigenvalue weighted by Crippen LogP contribution is -2.07. The standard InChI is InChI=1S/C8H10N6S2/c1-14(2)7-12-13-8(16-7)15-6-4-10-5(9)3-11-6/h3-4H,1-2H3,(H2,9,10). The Balaban J connectivity index is 2.11. The highest BCUT2D eigenvalue weighted by molar-refractivity contribution is 8.01. The van der Waals surface area contributed by atoms with E-state index in [9.17, 15) is 0 Å². The molecule has 2 aromatic rings. The van der Waals surface area contributed by atoms with Crippen LogP contribution in [0.25, 0.3) is 0 Å². The van der Waals surface area contributed by atoms with Gasteiger partial charge in [-0.15, -0.1) is 10.2 Å². The largest absolute Gasteiger partial charge is 0.382 e. The van der Waals surface area contributed by atoms with Gasteiger partial charge in [0.2, 0.25) is 5.13 Å². The van der Waals surface area contributed by atoms with Gasteiger partial charge in [0.15, 0.2) is 4.34 Å². The first-order chi connectivity index (χ1) is 7.65. The summed E-state index contributed by atoms with van der Waals surface area (Å²) >= 11 is 2.93. The second-order valence-corrected chi connectivity index (χ2v) is 5.35. The molecule has 16 heavy (non-hydrogen) atoms. The molecule has 0 fully saturated rings. The molecule has 0 aliphatic rings. The van der Waals surface area contributed by atoms with E-state index in [-0.39, 0.29) is 0 Å². The summed E-state index contributed by atoms with van der Waals surface area (Å²) in [4.78, 5) is 10.00. The maximum atomic E-state index is 5.45. The molecule has 0 saturated carbocycles. The number of nitrogen functional groups attached to an aromatic ring is 1. The number of nitrogens with two attached hydrogens (primary N) is 1. The van der Waals surface area contributed by atoms with Crippen LogP contribution in [0.4, 0.5) is 10.9 Å². The maximum absolute atomic E-state index is 5.45. The van der Waals surface area contributed by atoms with E-state index < -0.39 is 0 Å². The van der Waals surface area contributed by atoms with E-state index >= 15 is 0 Å². The number of hydrogen-bond acceptors (Lipinski definition) is 8. The van der Waals surface area contributed by atoms with Crippen molar-refractivity contribution in [3.63, 3.8) is 0 Å². The average molecular weight is 254 g/mol. The topological polar surface area (TPSA) is 80.8 Å². The molecule has 84 valence electrons. The molecular weight excluding hydrogens is 244 g/mol. The monoisotopic (exact) mass is 254 g/mol. The van der Waals surface area contributed by atoms with Gasteiger partial charge in [0, 0.05) is 14.1 Å². The Morgan fingerprint density at radius 2 is 2.06 bits per heavy atom. The van der Waals surface area contributed by atoms with Gasteiger partial charge < -0.3 is 10.6 Å². The Morgan fingerprint density at radius 3 is 2.62 bits per heavy atom. The minimum atomic E-state index is 0.413. The van der Waals surface area contributed by atoms with Gasteiger partial charge in [0.25, 0.3) is 0 Å². The maximum Gasteiger partial charge on any atom is 0.208 e. The fraction of sp³-hybridized carbons (Fsp3) is 0.250. The van der Waals surface area contributed by atoms with Crippen LogP contribution in [-0.2, 0) is 0 Å². The van der Waals surface area contributed by atoms with Crippen molar-refractivity contribution in [3.05, 3.63) is 12.4 Å². The van der Waals surface area contributed by atoms with Crippen molar-refractivity contribution < 1.29 is 0 Å². The number of anilines is 2. The molecular formula is C8H10N6S2. The number of rotatable bonds is 3. The first-order valence-corrected chi connectivity index (χ1v) is 6.04. The van der Waals surface area contributed by atoms with Crippen molar-refractivity contribution in [1.82, 2.24) is 20.2 Å². The lowest BCUT2D eigenvalue weighted by atomic mass is 10.7. The molecule has 8 heteroatoms. The van der Waals surface area contributed by atoms with Crippen LogP contribution in [0.5, 0.6) is 0 Å². The lowest BCUT2D eigenvalue weighted by Gasteiger charge is -2.03. The molecule has 0 amide bonds. The summed E-state index contributed by atoms with van der Waals surface area (Å²) in [5.41, 5.74) is 5.45. The molecule has 0 saturated heterocycles. The van der Waals surface area contributed by atoms with Gasteiger partial charge in [0.1, 0.15) is 10.8 Å². The Morgan fingerprint density at radius 1 is 1.25 bits per heavy atom. The molecule has 2 heterocycles. The van der Waals surface area contributed by atoms with Crippen molar-refractivity contribution in [1.29, 1.82) is 0 Å². The van der Waals surface area contributed by atoms with Crippen LogP contribution in [0, 0.1) is 0 Å². The summed E-state index contributed by atoms with van der Waals surface area (Å²) in [5.74, 6) is 0.413. The smallest absolute Gasteiger partial charge is 0.208 e. The van der Waals surface area contributed by atoms with Crippen LogP contribution in [0.3, 0.4) is 0 Å². The van der Waals surface area contributed by atoms with Crippen molar-refractivity contribution in [2.45, 2.75) is 9.37 Å². The summed E-state index contributed by atoms with van der Waals surface area (Å²) in [6.45, 7) is 0. The zero-order valence-corrected chi connectivity index (χ0v) is 10.4. The fourth-order valence-electron chi connectivity index (χ4n) is 0.893. The summed E-state index contributed by atoms with van der Waals surface area (Å²) in [6, 6.07) is 0. The van der Waals surface area contributed by atoms with Crippen LogP contribution >= 0.6 is 23.1 Å². The third kappa shape index (κ3) is 2.58. The zero-order chi connectivity index (χ0) is 11.5. The Labute approximate surface area is 101 Å². The molecule has 0 atom stereocenters. The molecule has 0 spiro atoms. The molecule has 0 aliphatic heterocycles. The van der Waals surface area contributed by atoms with Crippen molar-refractivity contribution in [2.75, 3.05) is 24.7 Å². The average Bonchev–Trinajstić information content (AvgIpc) is 2.70. The van der Waals surface area contributed by atoms with Gasteiger partial charge in [-0.1, -0.05) is 11.3 Å². The fourth-order valence-corrected chi connectivity index (χ4v) is 2.51. The number of aromatic nitrogens is 4. The van der Waals surface area contributed by atoms with Crippen LogP contribution < -0.4 is 10.6 Å². The van der Waals surface area contributed by atoms with Gasteiger partial charge in [-0.2, -0.15) is 0 Å². The second kappa shape index (κ2) is 4.62. The van der Waals surface area contributed by atoms with Gasteiger partial charge in [-0.25, -0.2) is 9.97 Å². The second-order valence-electron chi connectivity index (χ2n) is 3.13. The van der Waals surface area contributed by atoms with Crippen molar-refractivity contribution in [2.24, 2.45) is 0 Å². The molecule has 0 unspecified atom stereocenters. The third-order valence-corrected chi connectivity index (χ3v) is 3.68. The Kier molecular flexibility index (Phi) is 3.20. The minimum absolute atomic E-state index is 0.413. The number of hydrogen-bond donors (Lipinski definition) is 1. The molecule has 0 radical (unpaired) electrons. The number of nitrogens with zero attached hydrogens (tertiary/aromatic N) is 5. The minimum Gasteiger partial charge on any atom is -0.382 e. The molecule has 0 aromatic carbocycles. The molecule has 0 aliphatic carbocycles. The molecule has 2 aromatic heterocycles. The van der Waals surface area contributed by atoms with Crippen molar-refractivity contribution in [3.8, 4) is 0 Å². The summed E-state index contributed by atoms with van der Waals surface area (Å²) in [6.07, 6.45) is 3.15. The summed E-state index contributed by atoms with van der Waals surface area (Å²) in [5, 5.41) is 9.70. The first-order valence-electron chi connectivity index (χ1n) is 4.41. The molecule has 6 nitrogen and oxygen atoms in total. The summed E-state index contributed by atoms with van der Waals surface area (Å²) < 4.78 is 0.836. The van der Waals surface area contributed by atoms with Crippen LogP contribution in [0.2, 0.25) is 0 Å². The van der Waals surface area contributed by atoms with E-state index in [2.05, 4.69) is 20.2 Å². The predicted octanol–water partition coefficient (Wildman–Crippen LogP) is 1.13. The van der Waals surface area contributed by atoms with E-state index in [4.69, 9.17) is 5.73 Å². The predicted molar refractivity (Wildman–Crippen MR) is 64.8 cm³/mol. The van der Waals surface area contributed by atoms with Crippen LogP contribution in [-0.4, -0.2) is 34.3 Å². The molecule has 0 bridgehead atoms. The van der Waals surface area contributed by atoms with Gasteiger partial charge >= 0.3 is 0 Å². The van der Waals surface area contributed by atoms with E-state index in [1.54, 1.807) is 6.20 Å². The summed E-state index contributed by atoms with van der Waals surface area (Å²) in [7, 11) is 3.86. The highest BCUT2D eigenvalue weighted by Gasteiger charge is 2.08. The Bertz CT molecular complexity index is 466. The van der Waals surface area contributed by atoms with E-state index in [1.165, 1.54) is 29.3 Å². The highest BCUT2D eigenvalue weighted by Crippen LogP contribution is 2.31. The first kappa shape index (κ1) is 11.1. The van der Waals surface area contributed by atoms with Crippen LogP contribution in [0.1, 0.15) is 0 Å². The quantitative estimate of drug-likeness (QED) is 0.879. The molecule has 2 rings (SSSR count). The van der Waals surface area contributed by atoms with Gasteiger partial charge in [0.05, 0.1) is 12.4 Å². The zero-order valence-electron chi connectivity index (χ0n) is 8.78. The SMILES string of the molecule is CN(C)c1nnc(Sc2cnc(N)cn2)s1. The normalized spacial score (nSPS) is 10.4. The lowest BCUT2D eigenvalue weighted by molar-refractivity contribution is 0.968.